The summed E-state index contributed by atoms with van der Waals surface area (Å²) in [7, 11) is 0. The molecule has 0 aliphatic heterocycles. The van der Waals surface area contributed by atoms with Gasteiger partial charge in [0.05, 0.1) is 11.0 Å². The molecule has 0 radical (unpaired) electrons. The summed E-state index contributed by atoms with van der Waals surface area (Å²) in [6.07, 6.45) is 1.25. The van der Waals surface area contributed by atoms with Gasteiger partial charge in [-0.3, -0.25) is 4.57 Å². The molecule has 3 aromatic heterocycles. The van der Waals surface area contributed by atoms with Crippen molar-refractivity contribution in [2.45, 2.75) is 20.3 Å². The highest BCUT2D eigenvalue weighted by molar-refractivity contribution is 6.21. The number of fused-ring (bicyclic) bond motifs is 9. The second-order valence-corrected chi connectivity index (χ2v) is 15.5. The Bertz CT molecular complexity index is 3580. The van der Waals surface area contributed by atoms with E-state index in [0.29, 0.717) is 17.6 Å². The van der Waals surface area contributed by atoms with Gasteiger partial charge in [-0.25, -0.2) is 4.98 Å². The van der Waals surface area contributed by atoms with Crippen molar-refractivity contribution in [3.63, 3.8) is 0 Å². The van der Waals surface area contributed by atoms with E-state index in [1.165, 1.54) is 6.42 Å². The van der Waals surface area contributed by atoms with Crippen LogP contribution in [-0.4, -0.2) is 19.5 Å². The monoisotopic (exact) mass is 784 g/mol. The van der Waals surface area contributed by atoms with Gasteiger partial charge in [0.1, 0.15) is 11.2 Å². The first-order valence-corrected chi connectivity index (χ1v) is 20.9. The zero-order valence-corrected chi connectivity index (χ0v) is 33.9. The molecule has 0 N–H and O–H groups in total. The van der Waals surface area contributed by atoms with E-state index in [9.17, 15) is 0 Å². The van der Waals surface area contributed by atoms with Gasteiger partial charge in [-0.2, -0.15) is 9.97 Å². The molecule has 290 valence electrons. The highest BCUT2D eigenvalue weighted by Gasteiger charge is 2.23. The Kier molecular flexibility index (Phi) is 8.93. The molecule has 0 spiro atoms. The molecule has 0 atom stereocenters. The Hall–Kier alpha value is -7.89. The van der Waals surface area contributed by atoms with Crippen molar-refractivity contribution < 1.29 is 4.42 Å². The summed E-state index contributed by atoms with van der Waals surface area (Å²) < 4.78 is 8.68. The van der Waals surface area contributed by atoms with Crippen LogP contribution in [0.5, 0.6) is 0 Å². The number of nitrogens with zero attached hydrogens (tertiary/aromatic N) is 4. The van der Waals surface area contributed by atoms with Gasteiger partial charge < -0.3 is 4.42 Å². The Labute approximate surface area is 353 Å². The van der Waals surface area contributed by atoms with Crippen molar-refractivity contribution in [1.82, 2.24) is 19.5 Å². The third-order valence-electron chi connectivity index (χ3n) is 11.4. The van der Waals surface area contributed by atoms with Gasteiger partial charge in [0.25, 0.3) is 0 Å². The number of furan rings is 1. The zero-order chi connectivity index (χ0) is 40.9. The first-order chi connectivity index (χ1) is 30.1. The molecule has 9 aromatic carbocycles. The first-order valence-electron chi connectivity index (χ1n) is 20.9. The fraction of sp³-hybridized carbons (Fsp3) is 0.0536. The molecular formula is C56H40N4O. The SMILES string of the molecule is CCC.c1ccc(-c2ccc(-c3nc(-c4ccc5ccccc5c4)nc(-n4c5c(-c6ccc7c(c6)oc6ccccc67)cccc5c5ccc6ccccc6c54)n3)cc2)cc1. The highest BCUT2D eigenvalue weighted by Crippen LogP contribution is 2.42. The van der Waals surface area contributed by atoms with Crippen LogP contribution in [0.15, 0.2) is 199 Å². The van der Waals surface area contributed by atoms with E-state index in [1.54, 1.807) is 0 Å². The molecule has 0 bridgehead atoms. The molecule has 0 unspecified atom stereocenters. The lowest BCUT2D eigenvalue weighted by molar-refractivity contribution is 0.669. The molecule has 0 amide bonds. The average molecular weight is 785 g/mol. The van der Waals surface area contributed by atoms with Crippen molar-refractivity contribution >= 4 is 65.3 Å². The fourth-order valence-corrected chi connectivity index (χ4v) is 8.65. The number of hydrogen-bond acceptors (Lipinski definition) is 4. The van der Waals surface area contributed by atoms with Gasteiger partial charge in [0.2, 0.25) is 5.95 Å². The van der Waals surface area contributed by atoms with Crippen LogP contribution >= 0.6 is 0 Å². The Balaban J connectivity index is 0.00000136. The summed E-state index contributed by atoms with van der Waals surface area (Å²) in [5.41, 5.74) is 10.0. The Morgan fingerprint density at radius 3 is 1.75 bits per heavy atom. The molecule has 3 heterocycles. The lowest BCUT2D eigenvalue weighted by atomic mass is 10.00. The van der Waals surface area contributed by atoms with Gasteiger partial charge in [0.15, 0.2) is 11.6 Å². The standard InChI is InChI=1S/C53H32N4O.C3H8/c1-2-11-33(12-3-1)35-21-24-37(25-22-35)51-54-52(40-26-23-34-13-4-5-15-38(34)31-40)56-53(55-51)57-49-41-16-7-6-14-36(41)27-30-46(49)45-19-10-18-42(50(45)57)39-28-29-44-43-17-8-9-20-47(43)58-48(44)32-39;1-3-2/h1-32H;3H2,1-2H3. The molecule has 5 nitrogen and oxygen atoms in total. The van der Waals surface area contributed by atoms with Crippen molar-refractivity contribution in [3.05, 3.63) is 194 Å². The van der Waals surface area contributed by atoms with Crippen LogP contribution in [0.25, 0.3) is 116 Å². The Morgan fingerprint density at radius 2 is 0.934 bits per heavy atom. The topological polar surface area (TPSA) is 56.7 Å². The van der Waals surface area contributed by atoms with Crippen LogP contribution in [0.4, 0.5) is 0 Å². The van der Waals surface area contributed by atoms with Crippen LogP contribution in [0.1, 0.15) is 20.3 Å². The summed E-state index contributed by atoms with van der Waals surface area (Å²) in [5, 5.41) is 9.00. The average Bonchev–Trinajstić information content (AvgIpc) is 3.88. The van der Waals surface area contributed by atoms with Crippen LogP contribution in [0.2, 0.25) is 0 Å². The fourth-order valence-electron chi connectivity index (χ4n) is 8.65. The lowest BCUT2D eigenvalue weighted by Gasteiger charge is -2.14. The minimum absolute atomic E-state index is 0.550. The van der Waals surface area contributed by atoms with E-state index < -0.39 is 0 Å². The third-order valence-corrected chi connectivity index (χ3v) is 11.4. The first kappa shape index (κ1) is 36.2. The molecule has 0 saturated carbocycles. The van der Waals surface area contributed by atoms with Crippen LogP contribution in [0, 0.1) is 0 Å². The zero-order valence-electron chi connectivity index (χ0n) is 33.9. The van der Waals surface area contributed by atoms with Crippen molar-refractivity contribution in [1.29, 1.82) is 0 Å². The van der Waals surface area contributed by atoms with Gasteiger partial charge >= 0.3 is 0 Å². The van der Waals surface area contributed by atoms with E-state index in [4.69, 9.17) is 19.4 Å². The summed E-state index contributed by atoms with van der Waals surface area (Å²) >= 11 is 0. The van der Waals surface area contributed by atoms with Crippen molar-refractivity contribution in [3.8, 4) is 51.0 Å². The number of para-hydroxylation sites is 2. The van der Waals surface area contributed by atoms with Gasteiger partial charge in [-0.05, 0) is 57.1 Å². The largest absolute Gasteiger partial charge is 0.456 e. The molecule has 12 aromatic rings. The minimum atomic E-state index is 0.550. The number of hydrogen-bond donors (Lipinski definition) is 0. The summed E-state index contributed by atoms with van der Waals surface area (Å²) in [6, 6.07) is 68.1. The number of aromatic nitrogens is 4. The quantitative estimate of drug-likeness (QED) is 0.174. The van der Waals surface area contributed by atoms with Crippen LogP contribution in [-0.2, 0) is 0 Å². The normalized spacial score (nSPS) is 11.5. The molecule has 61 heavy (non-hydrogen) atoms. The van der Waals surface area contributed by atoms with Crippen molar-refractivity contribution in [2.24, 2.45) is 0 Å². The molecule has 12 rings (SSSR count). The number of benzene rings is 9. The maximum atomic E-state index is 6.41. The van der Waals surface area contributed by atoms with E-state index in [0.717, 1.165) is 98.7 Å². The predicted octanol–water partition coefficient (Wildman–Crippen LogP) is 15.3. The highest BCUT2D eigenvalue weighted by atomic mass is 16.3. The smallest absolute Gasteiger partial charge is 0.238 e. The second-order valence-electron chi connectivity index (χ2n) is 15.5. The van der Waals surface area contributed by atoms with Crippen LogP contribution < -0.4 is 0 Å². The molecule has 5 heteroatoms. The van der Waals surface area contributed by atoms with E-state index in [-0.39, 0.29) is 0 Å². The molecule has 0 fully saturated rings. The predicted molar refractivity (Wildman–Crippen MR) is 254 cm³/mol. The summed E-state index contributed by atoms with van der Waals surface area (Å²) in [5.74, 6) is 1.76. The summed E-state index contributed by atoms with van der Waals surface area (Å²) in [6.45, 7) is 4.25. The number of rotatable bonds is 5. The molecular weight excluding hydrogens is 745 g/mol. The van der Waals surface area contributed by atoms with Gasteiger partial charge in [-0.15, -0.1) is 0 Å². The van der Waals surface area contributed by atoms with Crippen LogP contribution in [0.3, 0.4) is 0 Å². The maximum Gasteiger partial charge on any atom is 0.238 e. The lowest BCUT2D eigenvalue weighted by Crippen LogP contribution is -2.07. The van der Waals surface area contributed by atoms with E-state index in [2.05, 4.69) is 194 Å². The molecule has 0 aliphatic rings. The van der Waals surface area contributed by atoms with Gasteiger partial charge in [0, 0.05) is 43.6 Å². The third kappa shape index (κ3) is 6.30. The maximum absolute atomic E-state index is 6.41. The minimum Gasteiger partial charge on any atom is -0.456 e. The van der Waals surface area contributed by atoms with Gasteiger partial charge in [-0.1, -0.05) is 190 Å². The van der Waals surface area contributed by atoms with Crippen molar-refractivity contribution in [2.75, 3.05) is 0 Å². The summed E-state index contributed by atoms with van der Waals surface area (Å²) in [4.78, 5) is 16.0. The second kappa shape index (κ2) is 15.0. The Morgan fingerprint density at radius 1 is 0.377 bits per heavy atom. The molecule has 0 saturated heterocycles. The van der Waals surface area contributed by atoms with E-state index in [1.807, 2.05) is 18.2 Å². The molecule has 0 aliphatic carbocycles. The van der Waals surface area contributed by atoms with E-state index >= 15 is 0 Å².